The van der Waals surface area contributed by atoms with Crippen LogP contribution in [0.25, 0.3) is 165 Å². The van der Waals surface area contributed by atoms with Crippen LogP contribution >= 0.6 is 0 Å². The van der Waals surface area contributed by atoms with Gasteiger partial charge in [-0.15, -0.1) is 0 Å². The van der Waals surface area contributed by atoms with Crippen molar-refractivity contribution in [2.75, 3.05) is 0 Å². The van der Waals surface area contributed by atoms with E-state index in [-0.39, 0.29) is 0 Å². The molecule has 0 N–H and O–H groups in total. The van der Waals surface area contributed by atoms with Gasteiger partial charge in [-0.25, -0.2) is 0 Å². The highest BCUT2D eigenvalue weighted by Gasteiger charge is 2.19. The van der Waals surface area contributed by atoms with Crippen LogP contribution in [0.1, 0.15) is 0 Å². The molecule has 0 saturated carbocycles. The lowest BCUT2D eigenvalue weighted by Crippen LogP contribution is -1.93. The van der Waals surface area contributed by atoms with Gasteiger partial charge in [-0.05, 0) is 183 Å². The standard InChI is InChI=1S/C46H30N2.C42H28N2/c1-2-12-37(13-3-1)47-43-16-8-6-14-39(43)41-29-35(23-26-45(41)47)32-18-20-33(21-19-32)36-24-27-46-42(30-36)40-15-7-9-17-44(40)48(46)38-25-22-31-10-4-5-11-34(31)28-38;1-3-14-33(15-4-1)43-39-20-9-7-18-35(39)37-27-31(22-24-41(37)43)29-12-11-13-30(26-29)32-23-25-42-38(28-32)36-19-8-10-21-40(36)44(42)34-16-5-2-6-17-34/h1-30H;1-28H. The summed E-state index contributed by atoms with van der Waals surface area (Å²) in [6.07, 6.45) is 0. The molecule has 0 unspecified atom stereocenters. The fraction of sp³-hybridized carbons (Fsp3) is 0. The highest BCUT2D eigenvalue weighted by Crippen LogP contribution is 2.41. The Hall–Kier alpha value is -12.2. The van der Waals surface area contributed by atoms with Gasteiger partial charge in [-0.1, -0.05) is 224 Å². The van der Waals surface area contributed by atoms with Gasteiger partial charge in [0.2, 0.25) is 0 Å². The number of hydrogen-bond acceptors (Lipinski definition) is 0. The van der Waals surface area contributed by atoms with Crippen LogP contribution < -0.4 is 0 Å². The normalized spacial score (nSPS) is 11.7. The maximum Gasteiger partial charge on any atom is 0.0541 e. The van der Waals surface area contributed by atoms with Crippen molar-refractivity contribution < 1.29 is 0 Å². The first-order valence-electron chi connectivity index (χ1n) is 31.6. The van der Waals surface area contributed by atoms with Crippen molar-refractivity contribution in [2.24, 2.45) is 0 Å². The molecule has 4 nitrogen and oxygen atoms in total. The van der Waals surface area contributed by atoms with Gasteiger partial charge in [0.15, 0.2) is 0 Å². The summed E-state index contributed by atoms with van der Waals surface area (Å²) in [4.78, 5) is 0. The Morgan fingerprint density at radius 1 is 0.130 bits per heavy atom. The first-order valence-corrected chi connectivity index (χ1v) is 31.6. The molecule has 15 aromatic carbocycles. The van der Waals surface area contributed by atoms with Gasteiger partial charge in [0.25, 0.3) is 0 Å². The predicted octanol–water partition coefficient (Wildman–Crippen LogP) is 23.6. The van der Waals surface area contributed by atoms with E-state index in [1.165, 1.54) is 165 Å². The summed E-state index contributed by atoms with van der Waals surface area (Å²) in [5.74, 6) is 0. The highest BCUT2D eigenvalue weighted by atomic mass is 15.0. The van der Waals surface area contributed by atoms with Crippen molar-refractivity contribution in [3.63, 3.8) is 0 Å². The molecule has 0 aliphatic heterocycles. The van der Waals surface area contributed by atoms with Crippen molar-refractivity contribution in [3.05, 3.63) is 352 Å². The van der Waals surface area contributed by atoms with Crippen molar-refractivity contribution in [1.29, 1.82) is 0 Å². The summed E-state index contributed by atoms with van der Waals surface area (Å²) in [6.45, 7) is 0. The molecule has 92 heavy (non-hydrogen) atoms. The Bertz CT molecular complexity index is 5870. The quantitative estimate of drug-likeness (QED) is 0.144. The van der Waals surface area contributed by atoms with Gasteiger partial charge in [0.05, 0.1) is 44.1 Å². The number of aromatic nitrogens is 4. The minimum atomic E-state index is 1.18. The van der Waals surface area contributed by atoms with Crippen molar-refractivity contribution in [1.82, 2.24) is 18.3 Å². The zero-order valence-corrected chi connectivity index (χ0v) is 50.3. The van der Waals surface area contributed by atoms with E-state index in [0.29, 0.717) is 0 Å². The van der Waals surface area contributed by atoms with Gasteiger partial charge in [-0.2, -0.15) is 0 Å². The van der Waals surface area contributed by atoms with Gasteiger partial charge >= 0.3 is 0 Å². The summed E-state index contributed by atoms with van der Waals surface area (Å²) in [6, 6.07) is 128. The third-order valence-corrected chi connectivity index (χ3v) is 18.8. The van der Waals surface area contributed by atoms with Crippen LogP contribution in [0.5, 0.6) is 0 Å². The SMILES string of the molecule is c1ccc(-n2c3ccccc3c3cc(-c4ccc(-c5ccc6c(c5)c5ccccc5n6-c5ccc6ccccc6c5)cc4)ccc32)cc1.c1ccc(-n2c3ccccc3c3cc(-c4cccc(-c5ccc6c(c5)c5ccccc5n6-c5ccccc5)c4)ccc32)cc1. The largest absolute Gasteiger partial charge is 0.309 e. The van der Waals surface area contributed by atoms with Crippen LogP contribution in [0, 0.1) is 0 Å². The molecule has 0 aliphatic carbocycles. The number of hydrogen-bond donors (Lipinski definition) is 0. The van der Waals surface area contributed by atoms with Crippen molar-refractivity contribution in [3.8, 4) is 67.3 Å². The molecule has 430 valence electrons. The highest BCUT2D eigenvalue weighted by molar-refractivity contribution is 6.14. The molecule has 19 aromatic rings. The Labute approximate surface area is 532 Å². The Kier molecular flexibility index (Phi) is 12.5. The van der Waals surface area contributed by atoms with Crippen LogP contribution in [-0.4, -0.2) is 18.3 Å². The number of nitrogens with zero attached hydrogens (tertiary/aromatic N) is 4. The third kappa shape index (κ3) is 8.83. The Morgan fingerprint density at radius 3 is 0.772 bits per heavy atom. The molecule has 0 fully saturated rings. The van der Waals surface area contributed by atoms with Crippen LogP contribution in [-0.2, 0) is 0 Å². The lowest BCUT2D eigenvalue weighted by atomic mass is 9.97. The van der Waals surface area contributed by atoms with E-state index in [0.717, 1.165) is 0 Å². The predicted molar refractivity (Wildman–Crippen MR) is 389 cm³/mol. The smallest absolute Gasteiger partial charge is 0.0541 e. The number of para-hydroxylation sites is 7. The molecule has 0 bridgehead atoms. The number of fused-ring (bicyclic) bond motifs is 13. The van der Waals surface area contributed by atoms with E-state index in [4.69, 9.17) is 0 Å². The summed E-state index contributed by atoms with van der Waals surface area (Å²) in [5.41, 5.74) is 24.2. The average molecular weight is 1170 g/mol. The second-order valence-electron chi connectivity index (χ2n) is 24.0. The third-order valence-electron chi connectivity index (χ3n) is 18.8. The average Bonchev–Trinajstić information content (AvgIpc) is 1.68. The van der Waals surface area contributed by atoms with E-state index < -0.39 is 0 Å². The molecule has 0 radical (unpaired) electrons. The molecule has 0 spiro atoms. The number of benzene rings is 15. The summed E-state index contributed by atoms with van der Waals surface area (Å²) in [7, 11) is 0. The summed E-state index contributed by atoms with van der Waals surface area (Å²) in [5, 5.41) is 12.6. The van der Waals surface area contributed by atoms with Crippen molar-refractivity contribution >= 4 is 98.0 Å². The molecule has 0 atom stereocenters. The van der Waals surface area contributed by atoms with Gasteiger partial charge < -0.3 is 18.3 Å². The van der Waals surface area contributed by atoms with E-state index in [1.807, 2.05) is 0 Å². The van der Waals surface area contributed by atoms with Gasteiger partial charge in [0, 0.05) is 65.8 Å². The molecular formula is C88H58N4. The van der Waals surface area contributed by atoms with E-state index >= 15 is 0 Å². The lowest BCUT2D eigenvalue weighted by molar-refractivity contribution is 1.18. The summed E-state index contributed by atoms with van der Waals surface area (Å²) < 4.78 is 9.50. The molecule has 19 rings (SSSR count). The Morgan fingerprint density at radius 2 is 0.402 bits per heavy atom. The number of rotatable bonds is 8. The maximum absolute atomic E-state index is 2.40. The van der Waals surface area contributed by atoms with E-state index in [1.54, 1.807) is 0 Å². The maximum atomic E-state index is 2.40. The minimum absolute atomic E-state index is 1.18. The molecular weight excluding hydrogens is 1110 g/mol. The molecule has 0 saturated heterocycles. The molecule has 4 heteroatoms. The molecule has 4 aromatic heterocycles. The van der Waals surface area contributed by atoms with Crippen LogP contribution in [0.15, 0.2) is 352 Å². The fourth-order valence-electron chi connectivity index (χ4n) is 14.5. The minimum Gasteiger partial charge on any atom is -0.309 e. The molecule has 4 heterocycles. The zero-order chi connectivity index (χ0) is 60.6. The summed E-state index contributed by atoms with van der Waals surface area (Å²) >= 11 is 0. The Balaban J connectivity index is 0.000000136. The molecule has 0 amide bonds. The monoisotopic (exact) mass is 1170 g/mol. The van der Waals surface area contributed by atoms with Crippen LogP contribution in [0.2, 0.25) is 0 Å². The molecule has 0 aliphatic rings. The topological polar surface area (TPSA) is 19.7 Å². The second-order valence-corrected chi connectivity index (χ2v) is 24.0. The van der Waals surface area contributed by atoms with Gasteiger partial charge in [0.1, 0.15) is 0 Å². The zero-order valence-electron chi connectivity index (χ0n) is 50.3. The lowest BCUT2D eigenvalue weighted by Gasteiger charge is -2.10. The fourth-order valence-corrected chi connectivity index (χ4v) is 14.5. The van der Waals surface area contributed by atoms with E-state index in [2.05, 4.69) is 370 Å². The van der Waals surface area contributed by atoms with Crippen LogP contribution in [0.4, 0.5) is 0 Å². The first-order chi connectivity index (χ1) is 45.6. The van der Waals surface area contributed by atoms with Crippen molar-refractivity contribution in [2.45, 2.75) is 0 Å². The first kappa shape index (κ1) is 52.8. The van der Waals surface area contributed by atoms with Crippen LogP contribution in [0.3, 0.4) is 0 Å². The second kappa shape index (κ2) is 21.8. The van der Waals surface area contributed by atoms with Gasteiger partial charge in [-0.3, -0.25) is 0 Å². The van der Waals surface area contributed by atoms with E-state index in [9.17, 15) is 0 Å².